The SMILES string of the molecule is COC(=O)C(NC(=O)CCC1CCCO1)c1ccccc1. The Morgan fingerprint density at radius 1 is 1.38 bits per heavy atom. The van der Waals surface area contributed by atoms with Gasteiger partial charge in [0, 0.05) is 13.0 Å². The topological polar surface area (TPSA) is 64.6 Å². The zero-order chi connectivity index (χ0) is 15.1. The predicted octanol–water partition coefficient (Wildman–Crippen LogP) is 1.98. The number of methoxy groups -OCH3 is 1. The molecule has 0 saturated carbocycles. The summed E-state index contributed by atoms with van der Waals surface area (Å²) in [7, 11) is 1.32. The molecule has 0 radical (unpaired) electrons. The Bertz CT molecular complexity index is 468. The molecular formula is C16H21NO4. The van der Waals surface area contributed by atoms with E-state index in [1.165, 1.54) is 7.11 Å². The Labute approximate surface area is 124 Å². The van der Waals surface area contributed by atoms with E-state index in [-0.39, 0.29) is 12.0 Å². The van der Waals surface area contributed by atoms with Crippen LogP contribution in [0.2, 0.25) is 0 Å². The Kier molecular flexibility index (Phi) is 5.75. The highest BCUT2D eigenvalue weighted by atomic mass is 16.5. The highest BCUT2D eigenvalue weighted by Gasteiger charge is 2.24. The number of benzene rings is 1. The van der Waals surface area contributed by atoms with Crippen LogP contribution in [-0.4, -0.2) is 31.7 Å². The first kappa shape index (κ1) is 15.5. The number of carbonyl (C=O) groups excluding carboxylic acids is 2. The molecule has 0 spiro atoms. The van der Waals surface area contributed by atoms with E-state index in [4.69, 9.17) is 9.47 Å². The highest BCUT2D eigenvalue weighted by molar-refractivity contribution is 5.85. The smallest absolute Gasteiger partial charge is 0.333 e. The summed E-state index contributed by atoms with van der Waals surface area (Å²) in [5.74, 6) is -0.628. The molecule has 1 fully saturated rings. The fraction of sp³-hybridized carbons (Fsp3) is 0.500. The summed E-state index contributed by atoms with van der Waals surface area (Å²) >= 11 is 0. The minimum Gasteiger partial charge on any atom is -0.467 e. The van der Waals surface area contributed by atoms with Crippen LogP contribution in [0.1, 0.15) is 37.3 Å². The van der Waals surface area contributed by atoms with Crippen LogP contribution in [-0.2, 0) is 19.1 Å². The Balaban J connectivity index is 1.91. The van der Waals surface area contributed by atoms with E-state index in [0.717, 1.165) is 25.0 Å². The summed E-state index contributed by atoms with van der Waals surface area (Å²) < 4.78 is 10.3. The van der Waals surface area contributed by atoms with Crippen molar-refractivity contribution in [3.63, 3.8) is 0 Å². The molecule has 1 aliphatic rings. The van der Waals surface area contributed by atoms with Gasteiger partial charge in [-0.15, -0.1) is 0 Å². The monoisotopic (exact) mass is 291 g/mol. The number of rotatable bonds is 6. The van der Waals surface area contributed by atoms with Crippen LogP contribution in [0.5, 0.6) is 0 Å². The molecule has 1 aromatic carbocycles. The maximum Gasteiger partial charge on any atom is 0.333 e. The van der Waals surface area contributed by atoms with Crippen molar-refractivity contribution in [2.24, 2.45) is 0 Å². The van der Waals surface area contributed by atoms with Gasteiger partial charge in [-0.3, -0.25) is 4.79 Å². The molecule has 21 heavy (non-hydrogen) atoms. The van der Waals surface area contributed by atoms with Crippen molar-refractivity contribution in [1.82, 2.24) is 5.32 Å². The van der Waals surface area contributed by atoms with Crippen LogP contribution in [0.15, 0.2) is 30.3 Å². The van der Waals surface area contributed by atoms with Crippen molar-refractivity contribution >= 4 is 11.9 Å². The molecule has 1 amide bonds. The molecule has 1 aromatic rings. The molecular weight excluding hydrogens is 270 g/mol. The number of esters is 1. The minimum absolute atomic E-state index is 0.162. The number of hydrogen-bond donors (Lipinski definition) is 1. The number of hydrogen-bond acceptors (Lipinski definition) is 4. The van der Waals surface area contributed by atoms with E-state index in [0.29, 0.717) is 12.8 Å². The zero-order valence-electron chi connectivity index (χ0n) is 12.2. The van der Waals surface area contributed by atoms with E-state index in [1.54, 1.807) is 12.1 Å². The van der Waals surface area contributed by atoms with Crippen molar-refractivity contribution in [1.29, 1.82) is 0 Å². The second-order valence-corrected chi connectivity index (χ2v) is 5.11. The molecule has 0 aromatic heterocycles. The van der Waals surface area contributed by atoms with Gasteiger partial charge in [-0.1, -0.05) is 30.3 Å². The lowest BCUT2D eigenvalue weighted by atomic mass is 10.1. The molecule has 2 atom stereocenters. The van der Waals surface area contributed by atoms with Crippen LogP contribution in [0.4, 0.5) is 0 Å². The Morgan fingerprint density at radius 2 is 2.14 bits per heavy atom. The van der Waals surface area contributed by atoms with Crippen molar-refractivity contribution in [2.45, 2.75) is 37.8 Å². The molecule has 1 aliphatic heterocycles. The average molecular weight is 291 g/mol. The number of carbonyl (C=O) groups is 2. The third-order valence-corrected chi connectivity index (χ3v) is 3.59. The largest absolute Gasteiger partial charge is 0.467 e. The Hall–Kier alpha value is -1.88. The quantitative estimate of drug-likeness (QED) is 0.814. The summed E-state index contributed by atoms with van der Waals surface area (Å²) in [5.41, 5.74) is 0.717. The number of nitrogens with one attached hydrogen (secondary N) is 1. The van der Waals surface area contributed by atoms with E-state index >= 15 is 0 Å². The molecule has 5 nitrogen and oxygen atoms in total. The maximum atomic E-state index is 12.0. The van der Waals surface area contributed by atoms with E-state index < -0.39 is 12.0 Å². The van der Waals surface area contributed by atoms with Gasteiger partial charge >= 0.3 is 5.97 Å². The van der Waals surface area contributed by atoms with Crippen LogP contribution in [0, 0.1) is 0 Å². The van der Waals surface area contributed by atoms with E-state index in [1.807, 2.05) is 18.2 Å². The lowest BCUT2D eigenvalue weighted by molar-refractivity contribution is -0.145. The van der Waals surface area contributed by atoms with Gasteiger partial charge in [0.15, 0.2) is 6.04 Å². The summed E-state index contributed by atoms with van der Waals surface area (Å²) in [5, 5.41) is 2.74. The van der Waals surface area contributed by atoms with Gasteiger partial charge < -0.3 is 14.8 Å². The van der Waals surface area contributed by atoms with Gasteiger partial charge in [0.1, 0.15) is 0 Å². The maximum absolute atomic E-state index is 12.0. The minimum atomic E-state index is -0.756. The Morgan fingerprint density at radius 3 is 2.76 bits per heavy atom. The number of amides is 1. The first-order valence-electron chi connectivity index (χ1n) is 7.24. The third kappa shape index (κ3) is 4.56. The summed E-state index contributed by atoms with van der Waals surface area (Å²) in [4.78, 5) is 23.9. The zero-order valence-corrected chi connectivity index (χ0v) is 12.2. The fourth-order valence-electron chi connectivity index (χ4n) is 2.44. The molecule has 5 heteroatoms. The van der Waals surface area contributed by atoms with Crippen LogP contribution in [0.25, 0.3) is 0 Å². The van der Waals surface area contributed by atoms with Crippen LogP contribution >= 0.6 is 0 Å². The molecule has 2 rings (SSSR count). The molecule has 114 valence electrons. The molecule has 0 bridgehead atoms. The van der Waals surface area contributed by atoms with Crippen molar-refractivity contribution in [3.05, 3.63) is 35.9 Å². The molecule has 0 aliphatic carbocycles. The van der Waals surface area contributed by atoms with Gasteiger partial charge in [0.2, 0.25) is 5.91 Å². The number of ether oxygens (including phenoxy) is 2. The molecule has 2 unspecified atom stereocenters. The van der Waals surface area contributed by atoms with Gasteiger partial charge in [-0.25, -0.2) is 4.79 Å². The predicted molar refractivity (Wildman–Crippen MR) is 77.5 cm³/mol. The van der Waals surface area contributed by atoms with Crippen molar-refractivity contribution < 1.29 is 19.1 Å². The average Bonchev–Trinajstić information content (AvgIpc) is 3.04. The van der Waals surface area contributed by atoms with Gasteiger partial charge in [0.05, 0.1) is 13.2 Å². The lowest BCUT2D eigenvalue weighted by Gasteiger charge is -2.17. The van der Waals surface area contributed by atoms with Crippen molar-refractivity contribution in [2.75, 3.05) is 13.7 Å². The van der Waals surface area contributed by atoms with Crippen molar-refractivity contribution in [3.8, 4) is 0 Å². The first-order chi connectivity index (χ1) is 10.2. The molecule has 1 heterocycles. The second kappa shape index (κ2) is 7.78. The normalized spacial score (nSPS) is 19.0. The first-order valence-corrected chi connectivity index (χ1v) is 7.24. The van der Waals surface area contributed by atoms with Gasteiger partial charge in [-0.2, -0.15) is 0 Å². The third-order valence-electron chi connectivity index (χ3n) is 3.59. The van der Waals surface area contributed by atoms with Gasteiger partial charge in [-0.05, 0) is 24.8 Å². The summed E-state index contributed by atoms with van der Waals surface area (Å²) in [6, 6.07) is 8.34. The van der Waals surface area contributed by atoms with Gasteiger partial charge in [0.25, 0.3) is 0 Å². The highest BCUT2D eigenvalue weighted by Crippen LogP contribution is 2.18. The lowest BCUT2D eigenvalue weighted by Crippen LogP contribution is -2.34. The van der Waals surface area contributed by atoms with E-state index in [9.17, 15) is 9.59 Å². The van der Waals surface area contributed by atoms with Crippen LogP contribution < -0.4 is 5.32 Å². The van der Waals surface area contributed by atoms with Crippen LogP contribution in [0.3, 0.4) is 0 Å². The molecule has 1 N–H and O–H groups in total. The standard InChI is InChI=1S/C16H21NO4/c1-20-16(19)15(12-6-3-2-4-7-12)17-14(18)10-9-13-8-5-11-21-13/h2-4,6-7,13,15H,5,8-11H2,1H3,(H,17,18). The van der Waals surface area contributed by atoms with E-state index in [2.05, 4.69) is 5.32 Å². The summed E-state index contributed by atoms with van der Waals surface area (Å²) in [6.07, 6.45) is 3.27. The fourth-order valence-corrected chi connectivity index (χ4v) is 2.44. The molecule has 1 saturated heterocycles. The second-order valence-electron chi connectivity index (χ2n) is 5.11. The summed E-state index contributed by atoms with van der Waals surface area (Å²) in [6.45, 7) is 0.779.